The first-order valence-electron chi connectivity index (χ1n) is 4.18. The van der Waals surface area contributed by atoms with Gasteiger partial charge in [0.25, 0.3) is 0 Å². The average molecular weight is 150 g/mol. The summed E-state index contributed by atoms with van der Waals surface area (Å²) < 4.78 is 0. The van der Waals surface area contributed by atoms with Crippen LogP contribution in [-0.2, 0) is 0 Å². The molecule has 0 N–H and O–H groups in total. The molecule has 0 atom stereocenters. The van der Waals surface area contributed by atoms with Gasteiger partial charge >= 0.3 is 0 Å². The van der Waals surface area contributed by atoms with E-state index >= 15 is 0 Å². The summed E-state index contributed by atoms with van der Waals surface area (Å²) >= 11 is 0. The highest BCUT2D eigenvalue weighted by Crippen LogP contribution is 2.12. The molecule has 0 amide bonds. The maximum Gasteiger partial charge on any atom is 0.116 e. The zero-order chi connectivity index (χ0) is 8.10. The Bertz CT molecular complexity index is 170. The zero-order valence-electron chi connectivity index (χ0n) is 6.84. The van der Waals surface area contributed by atoms with Crippen LogP contribution in [0.2, 0.25) is 0 Å². The highest BCUT2D eigenvalue weighted by molar-refractivity contribution is 5.14. The Hall–Kier alpha value is -0.970. The smallest absolute Gasteiger partial charge is 0.116 e. The lowest BCUT2D eigenvalue weighted by Crippen LogP contribution is -2.22. The molecule has 2 nitrogen and oxygen atoms in total. The van der Waals surface area contributed by atoms with Crippen LogP contribution in [0, 0.1) is 11.3 Å². The van der Waals surface area contributed by atoms with Gasteiger partial charge in [0, 0.05) is 13.1 Å². The highest BCUT2D eigenvalue weighted by atomic mass is 15.1. The first-order chi connectivity index (χ1) is 5.34. The van der Waals surface area contributed by atoms with Crippen molar-refractivity contribution in [3.8, 4) is 6.07 Å². The van der Waals surface area contributed by atoms with Gasteiger partial charge in [-0.05, 0) is 12.8 Å². The zero-order valence-corrected chi connectivity index (χ0v) is 6.84. The molecule has 1 heterocycles. The standard InChI is InChI=1S/C9H14N2/c1-9(8-10)11-6-4-2-3-5-7-11/h1-7H2. The van der Waals surface area contributed by atoms with Crippen molar-refractivity contribution in [1.29, 1.82) is 5.26 Å². The topological polar surface area (TPSA) is 27.0 Å². The second kappa shape index (κ2) is 4.02. The highest BCUT2D eigenvalue weighted by Gasteiger charge is 2.09. The van der Waals surface area contributed by atoms with Crippen LogP contribution < -0.4 is 0 Å². The van der Waals surface area contributed by atoms with Crippen molar-refractivity contribution in [3.05, 3.63) is 12.3 Å². The van der Waals surface area contributed by atoms with E-state index in [9.17, 15) is 0 Å². The van der Waals surface area contributed by atoms with Gasteiger partial charge in [0.1, 0.15) is 11.8 Å². The summed E-state index contributed by atoms with van der Waals surface area (Å²) in [5.41, 5.74) is 0.631. The molecule has 0 aromatic heterocycles. The van der Waals surface area contributed by atoms with E-state index in [1.807, 2.05) is 0 Å². The van der Waals surface area contributed by atoms with Gasteiger partial charge in [0.05, 0.1) is 0 Å². The summed E-state index contributed by atoms with van der Waals surface area (Å²) in [6, 6.07) is 2.09. The Morgan fingerprint density at radius 2 is 1.73 bits per heavy atom. The third-order valence-electron chi connectivity index (χ3n) is 2.12. The fraction of sp³-hybridized carbons (Fsp3) is 0.667. The Labute approximate surface area is 68.1 Å². The van der Waals surface area contributed by atoms with E-state index in [1.54, 1.807) is 0 Å². The lowest BCUT2D eigenvalue weighted by Gasteiger charge is -2.19. The molecule has 1 fully saturated rings. The van der Waals surface area contributed by atoms with Crippen LogP contribution in [-0.4, -0.2) is 18.0 Å². The molecule has 0 saturated carbocycles. The molecule has 60 valence electrons. The van der Waals surface area contributed by atoms with Crippen LogP contribution in [0.3, 0.4) is 0 Å². The van der Waals surface area contributed by atoms with Crippen LogP contribution in [0.5, 0.6) is 0 Å². The lowest BCUT2D eigenvalue weighted by molar-refractivity contribution is 0.373. The summed E-state index contributed by atoms with van der Waals surface area (Å²) in [6.45, 7) is 5.74. The predicted octanol–water partition coefficient (Wildman–Crippen LogP) is 1.90. The Balaban J connectivity index is 2.44. The number of hydrogen-bond acceptors (Lipinski definition) is 2. The lowest BCUT2D eigenvalue weighted by atomic mass is 10.2. The molecule has 0 bridgehead atoms. The molecule has 0 aromatic rings. The van der Waals surface area contributed by atoms with Crippen molar-refractivity contribution in [2.75, 3.05) is 13.1 Å². The van der Waals surface area contributed by atoms with Crippen molar-refractivity contribution < 1.29 is 0 Å². The van der Waals surface area contributed by atoms with E-state index in [0.717, 1.165) is 13.1 Å². The van der Waals surface area contributed by atoms with Gasteiger partial charge in [0.2, 0.25) is 0 Å². The molecule has 2 heteroatoms. The van der Waals surface area contributed by atoms with Crippen LogP contribution >= 0.6 is 0 Å². The maximum atomic E-state index is 8.59. The minimum atomic E-state index is 0.631. The molecular weight excluding hydrogens is 136 g/mol. The van der Waals surface area contributed by atoms with E-state index in [4.69, 9.17) is 5.26 Å². The number of nitriles is 1. The minimum Gasteiger partial charge on any atom is -0.364 e. The van der Waals surface area contributed by atoms with Crippen molar-refractivity contribution >= 4 is 0 Å². The van der Waals surface area contributed by atoms with Gasteiger partial charge in [0.15, 0.2) is 0 Å². The molecule has 1 rings (SSSR count). The first kappa shape index (κ1) is 8.13. The van der Waals surface area contributed by atoms with E-state index < -0.39 is 0 Å². The van der Waals surface area contributed by atoms with Crippen LogP contribution in [0.1, 0.15) is 25.7 Å². The third-order valence-corrected chi connectivity index (χ3v) is 2.12. The Kier molecular flexibility index (Phi) is 2.97. The predicted molar refractivity (Wildman–Crippen MR) is 44.8 cm³/mol. The van der Waals surface area contributed by atoms with Gasteiger partial charge in [-0.25, -0.2) is 0 Å². The average Bonchev–Trinajstić information content (AvgIpc) is 2.30. The normalized spacial score (nSPS) is 18.6. The number of nitrogens with zero attached hydrogens (tertiary/aromatic N) is 2. The number of likely N-dealkylation sites (tertiary alicyclic amines) is 1. The fourth-order valence-corrected chi connectivity index (χ4v) is 1.41. The monoisotopic (exact) mass is 150 g/mol. The maximum absolute atomic E-state index is 8.59. The second-order valence-electron chi connectivity index (χ2n) is 2.96. The Morgan fingerprint density at radius 3 is 2.18 bits per heavy atom. The fourth-order valence-electron chi connectivity index (χ4n) is 1.41. The molecule has 0 unspecified atom stereocenters. The SMILES string of the molecule is C=C(C#N)N1CCCCCC1. The van der Waals surface area contributed by atoms with Crippen LogP contribution in [0.4, 0.5) is 0 Å². The molecular formula is C9H14N2. The molecule has 0 aliphatic carbocycles. The van der Waals surface area contributed by atoms with E-state index in [2.05, 4.69) is 17.5 Å². The van der Waals surface area contributed by atoms with E-state index in [1.165, 1.54) is 25.7 Å². The second-order valence-corrected chi connectivity index (χ2v) is 2.96. The van der Waals surface area contributed by atoms with Gasteiger partial charge in [-0.1, -0.05) is 19.4 Å². The summed E-state index contributed by atoms with van der Waals surface area (Å²) in [4.78, 5) is 2.09. The van der Waals surface area contributed by atoms with Gasteiger partial charge in [-0.15, -0.1) is 0 Å². The first-order valence-corrected chi connectivity index (χ1v) is 4.18. The molecule has 11 heavy (non-hydrogen) atoms. The van der Waals surface area contributed by atoms with E-state index in [0.29, 0.717) is 5.70 Å². The summed E-state index contributed by atoms with van der Waals surface area (Å²) in [6.07, 6.45) is 5.02. The molecule has 0 aromatic carbocycles. The van der Waals surface area contributed by atoms with Crippen molar-refractivity contribution in [2.45, 2.75) is 25.7 Å². The van der Waals surface area contributed by atoms with Crippen LogP contribution in [0.15, 0.2) is 12.3 Å². The minimum absolute atomic E-state index is 0.631. The summed E-state index contributed by atoms with van der Waals surface area (Å²) in [5, 5.41) is 8.59. The largest absolute Gasteiger partial charge is 0.364 e. The van der Waals surface area contributed by atoms with Gasteiger partial charge in [-0.2, -0.15) is 5.26 Å². The van der Waals surface area contributed by atoms with Gasteiger partial charge < -0.3 is 4.90 Å². The summed E-state index contributed by atoms with van der Waals surface area (Å²) in [7, 11) is 0. The molecule has 1 aliphatic rings. The molecule has 1 saturated heterocycles. The van der Waals surface area contributed by atoms with Gasteiger partial charge in [-0.3, -0.25) is 0 Å². The summed E-state index contributed by atoms with van der Waals surface area (Å²) in [5.74, 6) is 0. The van der Waals surface area contributed by atoms with Crippen molar-refractivity contribution in [1.82, 2.24) is 4.90 Å². The number of hydrogen-bond donors (Lipinski definition) is 0. The third kappa shape index (κ3) is 2.27. The van der Waals surface area contributed by atoms with Crippen LogP contribution in [0.25, 0.3) is 0 Å². The van der Waals surface area contributed by atoms with E-state index in [-0.39, 0.29) is 0 Å². The van der Waals surface area contributed by atoms with Crippen molar-refractivity contribution in [3.63, 3.8) is 0 Å². The quantitative estimate of drug-likeness (QED) is 0.534. The number of allylic oxidation sites excluding steroid dienone is 1. The molecule has 1 aliphatic heterocycles. The molecule has 0 radical (unpaired) electrons. The Morgan fingerprint density at radius 1 is 1.18 bits per heavy atom. The molecule has 0 spiro atoms. The number of rotatable bonds is 1. The van der Waals surface area contributed by atoms with Crippen molar-refractivity contribution in [2.24, 2.45) is 0 Å².